The van der Waals surface area contributed by atoms with E-state index < -0.39 is 0 Å². The van der Waals surface area contributed by atoms with Crippen molar-refractivity contribution in [1.29, 1.82) is 0 Å². The SMILES string of the molecule is CCNC(=NCC(C)(C)c1cccs1)N1CCN(CC(=O)NC(C)C)CC1.I. The quantitative estimate of drug-likeness (QED) is 0.329. The summed E-state index contributed by atoms with van der Waals surface area (Å²) in [5, 5.41) is 8.52. The Morgan fingerprint density at radius 1 is 1.29 bits per heavy atom. The second kappa shape index (κ2) is 12.0. The van der Waals surface area contributed by atoms with Crippen LogP contribution in [0.1, 0.15) is 39.5 Å². The molecule has 0 spiro atoms. The van der Waals surface area contributed by atoms with E-state index >= 15 is 0 Å². The highest BCUT2D eigenvalue weighted by molar-refractivity contribution is 14.0. The molecule has 1 fully saturated rings. The molecular weight excluding hydrogens is 485 g/mol. The zero-order chi connectivity index (χ0) is 19.9. The number of carbonyl (C=O) groups is 1. The fourth-order valence-corrected chi connectivity index (χ4v) is 3.97. The number of nitrogens with zero attached hydrogens (tertiary/aromatic N) is 3. The zero-order valence-electron chi connectivity index (χ0n) is 17.8. The van der Waals surface area contributed by atoms with Crippen molar-refractivity contribution in [2.75, 3.05) is 45.8 Å². The molecule has 0 aromatic carbocycles. The van der Waals surface area contributed by atoms with Crippen LogP contribution in [-0.4, -0.2) is 73.5 Å². The maximum absolute atomic E-state index is 12.0. The summed E-state index contributed by atoms with van der Waals surface area (Å²) >= 11 is 1.79. The van der Waals surface area contributed by atoms with Crippen LogP contribution in [0.2, 0.25) is 0 Å². The third-order valence-corrected chi connectivity index (χ3v) is 5.87. The molecule has 1 amide bonds. The highest BCUT2D eigenvalue weighted by Gasteiger charge is 2.24. The van der Waals surface area contributed by atoms with E-state index in [1.807, 2.05) is 13.8 Å². The maximum Gasteiger partial charge on any atom is 0.234 e. The van der Waals surface area contributed by atoms with Crippen LogP contribution in [0, 0.1) is 0 Å². The fourth-order valence-electron chi connectivity index (χ4n) is 3.13. The molecule has 1 aromatic rings. The minimum atomic E-state index is 0. The number of guanidine groups is 1. The number of halogens is 1. The van der Waals surface area contributed by atoms with Crippen molar-refractivity contribution in [3.63, 3.8) is 0 Å². The number of carbonyl (C=O) groups excluding carboxylic acids is 1. The van der Waals surface area contributed by atoms with Crippen molar-refractivity contribution in [1.82, 2.24) is 20.4 Å². The van der Waals surface area contributed by atoms with Crippen LogP contribution in [0.25, 0.3) is 0 Å². The number of nitrogens with one attached hydrogen (secondary N) is 2. The summed E-state index contributed by atoms with van der Waals surface area (Å²) in [7, 11) is 0. The molecule has 1 aromatic heterocycles. The second-order valence-electron chi connectivity index (χ2n) is 8.02. The highest BCUT2D eigenvalue weighted by Crippen LogP contribution is 2.27. The van der Waals surface area contributed by atoms with Gasteiger partial charge in [0.15, 0.2) is 5.96 Å². The van der Waals surface area contributed by atoms with Gasteiger partial charge in [0.25, 0.3) is 0 Å². The summed E-state index contributed by atoms with van der Waals surface area (Å²) in [4.78, 5) is 22.8. The van der Waals surface area contributed by atoms with Gasteiger partial charge in [-0.25, -0.2) is 0 Å². The Hall–Kier alpha value is -0.870. The van der Waals surface area contributed by atoms with Gasteiger partial charge in [-0.15, -0.1) is 35.3 Å². The number of hydrogen-bond acceptors (Lipinski definition) is 4. The van der Waals surface area contributed by atoms with Crippen molar-refractivity contribution in [2.24, 2.45) is 4.99 Å². The van der Waals surface area contributed by atoms with Crippen LogP contribution in [0.5, 0.6) is 0 Å². The van der Waals surface area contributed by atoms with Crippen molar-refractivity contribution in [3.8, 4) is 0 Å². The van der Waals surface area contributed by atoms with E-state index in [2.05, 4.69) is 58.7 Å². The topological polar surface area (TPSA) is 60.0 Å². The minimum Gasteiger partial charge on any atom is -0.357 e. The zero-order valence-corrected chi connectivity index (χ0v) is 21.0. The van der Waals surface area contributed by atoms with Crippen LogP contribution in [0.15, 0.2) is 22.5 Å². The van der Waals surface area contributed by atoms with Crippen LogP contribution in [-0.2, 0) is 10.2 Å². The molecule has 28 heavy (non-hydrogen) atoms. The summed E-state index contributed by atoms with van der Waals surface area (Å²) in [6.45, 7) is 16.2. The maximum atomic E-state index is 12.0. The van der Waals surface area contributed by atoms with Crippen LogP contribution in [0.3, 0.4) is 0 Å². The van der Waals surface area contributed by atoms with E-state index in [9.17, 15) is 4.79 Å². The van der Waals surface area contributed by atoms with Crippen LogP contribution in [0.4, 0.5) is 0 Å². The predicted molar refractivity (Wildman–Crippen MR) is 130 cm³/mol. The first kappa shape index (κ1) is 25.2. The molecule has 1 aliphatic rings. The van der Waals surface area contributed by atoms with Crippen LogP contribution >= 0.6 is 35.3 Å². The monoisotopic (exact) mass is 521 g/mol. The predicted octanol–water partition coefficient (Wildman–Crippen LogP) is 2.75. The smallest absolute Gasteiger partial charge is 0.234 e. The molecule has 2 rings (SSSR count). The molecule has 0 aliphatic carbocycles. The van der Waals surface area contributed by atoms with Gasteiger partial charge in [-0.1, -0.05) is 19.9 Å². The molecule has 0 radical (unpaired) electrons. The summed E-state index contributed by atoms with van der Waals surface area (Å²) in [6, 6.07) is 4.48. The average Bonchev–Trinajstić information content (AvgIpc) is 3.14. The Morgan fingerprint density at radius 2 is 1.96 bits per heavy atom. The van der Waals surface area contributed by atoms with E-state index in [-0.39, 0.29) is 41.3 Å². The van der Waals surface area contributed by atoms with E-state index in [1.54, 1.807) is 11.3 Å². The Morgan fingerprint density at radius 3 is 2.50 bits per heavy atom. The molecule has 160 valence electrons. The lowest BCUT2D eigenvalue weighted by Gasteiger charge is -2.36. The van der Waals surface area contributed by atoms with Gasteiger partial charge < -0.3 is 15.5 Å². The van der Waals surface area contributed by atoms with Crippen molar-refractivity contribution in [3.05, 3.63) is 22.4 Å². The number of rotatable bonds is 7. The molecule has 8 heteroatoms. The van der Waals surface area contributed by atoms with Gasteiger partial charge in [0, 0.05) is 49.1 Å². The molecule has 0 saturated carbocycles. The number of hydrogen-bond donors (Lipinski definition) is 2. The molecule has 2 heterocycles. The molecule has 0 unspecified atom stereocenters. The molecule has 6 nitrogen and oxygen atoms in total. The van der Waals surface area contributed by atoms with Gasteiger partial charge in [0.05, 0.1) is 13.1 Å². The minimum absolute atomic E-state index is 0. The first-order valence-corrected chi connectivity index (χ1v) is 10.8. The first-order chi connectivity index (χ1) is 12.8. The number of aliphatic imine (C=N–C) groups is 1. The standard InChI is InChI=1S/C20H35N5OS.HI/c1-6-21-19(22-15-20(4,5)17-8-7-13-27-17)25-11-9-24(10-12-25)14-18(26)23-16(2)3;/h7-8,13,16H,6,9-12,14-15H2,1-5H3,(H,21,22)(H,23,26);1H. The van der Waals surface area contributed by atoms with Gasteiger partial charge in [-0.3, -0.25) is 14.7 Å². The third-order valence-electron chi connectivity index (χ3n) is 4.64. The number of amides is 1. The number of thiophene rings is 1. The summed E-state index contributed by atoms with van der Waals surface area (Å²) in [5.41, 5.74) is 0.0333. The normalized spacial score (nSPS) is 16.1. The fraction of sp³-hybridized carbons (Fsp3) is 0.700. The van der Waals surface area contributed by atoms with Crippen LogP contribution < -0.4 is 10.6 Å². The van der Waals surface area contributed by atoms with Gasteiger partial charge in [0.2, 0.25) is 5.91 Å². The van der Waals surface area contributed by atoms with Gasteiger partial charge in [-0.05, 0) is 32.2 Å². The van der Waals surface area contributed by atoms with Crippen molar-refractivity contribution >= 4 is 47.2 Å². The lowest BCUT2D eigenvalue weighted by Crippen LogP contribution is -2.54. The molecule has 1 saturated heterocycles. The van der Waals surface area contributed by atoms with Gasteiger partial charge in [0.1, 0.15) is 0 Å². The molecule has 0 bridgehead atoms. The Labute approximate surface area is 191 Å². The summed E-state index contributed by atoms with van der Waals surface area (Å²) in [5.74, 6) is 1.09. The number of piperazine rings is 1. The van der Waals surface area contributed by atoms with E-state index in [0.29, 0.717) is 6.54 Å². The Bertz CT molecular complexity index is 610. The van der Waals surface area contributed by atoms with E-state index in [4.69, 9.17) is 4.99 Å². The molecule has 1 aliphatic heterocycles. The average molecular weight is 522 g/mol. The molecule has 0 atom stereocenters. The lowest BCUT2D eigenvalue weighted by molar-refractivity contribution is -0.123. The second-order valence-corrected chi connectivity index (χ2v) is 8.96. The van der Waals surface area contributed by atoms with E-state index in [0.717, 1.165) is 45.2 Å². The van der Waals surface area contributed by atoms with Crippen molar-refractivity contribution in [2.45, 2.75) is 46.1 Å². The Balaban J connectivity index is 0.00000392. The summed E-state index contributed by atoms with van der Waals surface area (Å²) in [6.07, 6.45) is 0. The highest BCUT2D eigenvalue weighted by atomic mass is 127. The summed E-state index contributed by atoms with van der Waals surface area (Å²) < 4.78 is 0. The molecule has 2 N–H and O–H groups in total. The largest absolute Gasteiger partial charge is 0.357 e. The third kappa shape index (κ3) is 7.87. The Kier molecular flexibility index (Phi) is 10.8. The first-order valence-electron chi connectivity index (χ1n) is 9.91. The van der Waals surface area contributed by atoms with Crippen molar-refractivity contribution < 1.29 is 4.79 Å². The van der Waals surface area contributed by atoms with E-state index in [1.165, 1.54) is 4.88 Å². The van der Waals surface area contributed by atoms with Gasteiger partial charge >= 0.3 is 0 Å². The lowest BCUT2D eigenvalue weighted by atomic mass is 9.92. The van der Waals surface area contributed by atoms with Gasteiger partial charge in [-0.2, -0.15) is 0 Å². The molecular formula is C20H36IN5OS.